The first-order chi connectivity index (χ1) is 7.25. The van der Waals surface area contributed by atoms with Gasteiger partial charge in [-0.1, -0.05) is 6.42 Å². The van der Waals surface area contributed by atoms with Crippen molar-refractivity contribution in [2.45, 2.75) is 32.2 Å². The minimum absolute atomic E-state index is 0.389. The van der Waals surface area contributed by atoms with Crippen molar-refractivity contribution < 1.29 is 0 Å². The monoisotopic (exact) mass is 205 g/mol. The lowest BCUT2D eigenvalue weighted by Crippen LogP contribution is -2.29. The maximum absolute atomic E-state index is 6.02. The van der Waals surface area contributed by atoms with Crippen LogP contribution in [-0.4, -0.2) is 17.6 Å². The van der Waals surface area contributed by atoms with Gasteiger partial charge in [0, 0.05) is 30.2 Å². The summed E-state index contributed by atoms with van der Waals surface area (Å²) in [4.78, 5) is 4.17. The number of anilines is 1. The Morgan fingerprint density at radius 2 is 2.40 bits per heavy atom. The van der Waals surface area contributed by atoms with Gasteiger partial charge >= 0.3 is 0 Å². The molecule has 2 unspecified atom stereocenters. The molecule has 0 bridgehead atoms. The number of aromatic nitrogens is 1. The summed E-state index contributed by atoms with van der Waals surface area (Å²) in [6.45, 7) is 3.00. The molecular formula is C12H19N3. The van der Waals surface area contributed by atoms with Crippen LogP contribution in [0.3, 0.4) is 0 Å². The van der Waals surface area contributed by atoms with Gasteiger partial charge in [0.25, 0.3) is 0 Å². The zero-order valence-electron chi connectivity index (χ0n) is 9.24. The molecule has 3 N–H and O–H groups in total. The van der Waals surface area contributed by atoms with Crippen LogP contribution in [0.25, 0.3) is 0 Å². The number of aryl methyl sites for hydroxylation is 1. The summed E-state index contributed by atoms with van der Waals surface area (Å²) in [5.41, 5.74) is 8.23. The molecule has 1 aliphatic rings. The molecule has 0 spiro atoms. The minimum atomic E-state index is 0.389. The van der Waals surface area contributed by atoms with E-state index in [2.05, 4.69) is 16.4 Å². The van der Waals surface area contributed by atoms with Gasteiger partial charge in [0.05, 0.1) is 0 Å². The van der Waals surface area contributed by atoms with Gasteiger partial charge in [0.15, 0.2) is 0 Å². The Kier molecular flexibility index (Phi) is 3.21. The number of nitrogens with one attached hydrogen (secondary N) is 1. The SMILES string of the molecule is Cc1cc(NCC2CCCC2N)ccn1. The quantitative estimate of drug-likeness (QED) is 0.792. The molecule has 1 aliphatic carbocycles. The lowest BCUT2D eigenvalue weighted by molar-refractivity contribution is 0.505. The zero-order chi connectivity index (χ0) is 10.7. The Balaban J connectivity index is 1.87. The Morgan fingerprint density at radius 3 is 3.07 bits per heavy atom. The summed E-state index contributed by atoms with van der Waals surface area (Å²) in [7, 11) is 0. The molecule has 2 atom stereocenters. The highest BCUT2D eigenvalue weighted by Crippen LogP contribution is 2.24. The fourth-order valence-corrected chi connectivity index (χ4v) is 2.22. The minimum Gasteiger partial charge on any atom is -0.385 e. The van der Waals surface area contributed by atoms with Crippen molar-refractivity contribution in [1.82, 2.24) is 4.98 Å². The number of hydrogen-bond donors (Lipinski definition) is 2. The molecule has 0 amide bonds. The van der Waals surface area contributed by atoms with Crippen LogP contribution in [0.2, 0.25) is 0 Å². The van der Waals surface area contributed by atoms with Gasteiger partial charge in [0.1, 0.15) is 0 Å². The second-order valence-corrected chi connectivity index (χ2v) is 4.42. The topological polar surface area (TPSA) is 50.9 Å². The first-order valence-corrected chi connectivity index (χ1v) is 5.68. The van der Waals surface area contributed by atoms with Crippen molar-refractivity contribution in [1.29, 1.82) is 0 Å². The fraction of sp³-hybridized carbons (Fsp3) is 0.583. The van der Waals surface area contributed by atoms with Crippen LogP contribution in [0, 0.1) is 12.8 Å². The van der Waals surface area contributed by atoms with Crippen LogP contribution in [0.1, 0.15) is 25.0 Å². The smallest absolute Gasteiger partial charge is 0.0393 e. The van der Waals surface area contributed by atoms with Crippen molar-refractivity contribution >= 4 is 5.69 Å². The lowest BCUT2D eigenvalue weighted by atomic mass is 10.0. The number of hydrogen-bond acceptors (Lipinski definition) is 3. The molecule has 82 valence electrons. The Bertz CT molecular complexity index is 324. The second kappa shape index (κ2) is 4.62. The van der Waals surface area contributed by atoms with Gasteiger partial charge in [-0.25, -0.2) is 0 Å². The van der Waals surface area contributed by atoms with E-state index in [1.54, 1.807) is 0 Å². The number of nitrogens with two attached hydrogens (primary N) is 1. The van der Waals surface area contributed by atoms with Crippen molar-refractivity contribution in [2.75, 3.05) is 11.9 Å². The summed E-state index contributed by atoms with van der Waals surface area (Å²) in [5, 5.41) is 3.44. The zero-order valence-corrected chi connectivity index (χ0v) is 9.24. The van der Waals surface area contributed by atoms with E-state index in [1.807, 2.05) is 19.2 Å². The highest BCUT2D eigenvalue weighted by Gasteiger charge is 2.23. The molecule has 3 heteroatoms. The van der Waals surface area contributed by atoms with E-state index in [9.17, 15) is 0 Å². The highest BCUT2D eigenvalue weighted by molar-refractivity contribution is 5.42. The van der Waals surface area contributed by atoms with Crippen LogP contribution in [-0.2, 0) is 0 Å². The second-order valence-electron chi connectivity index (χ2n) is 4.42. The van der Waals surface area contributed by atoms with Crippen molar-refractivity contribution in [3.05, 3.63) is 24.0 Å². The first kappa shape index (κ1) is 10.4. The van der Waals surface area contributed by atoms with Crippen LogP contribution in [0.4, 0.5) is 5.69 Å². The maximum atomic E-state index is 6.02. The molecule has 1 fully saturated rings. The lowest BCUT2D eigenvalue weighted by Gasteiger charge is -2.16. The van der Waals surface area contributed by atoms with E-state index in [0.29, 0.717) is 12.0 Å². The van der Waals surface area contributed by atoms with E-state index in [4.69, 9.17) is 5.73 Å². The van der Waals surface area contributed by atoms with E-state index in [0.717, 1.165) is 17.9 Å². The van der Waals surface area contributed by atoms with E-state index in [-0.39, 0.29) is 0 Å². The Labute approximate surface area is 91.1 Å². The van der Waals surface area contributed by atoms with Gasteiger partial charge in [-0.05, 0) is 37.8 Å². The summed E-state index contributed by atoms with van der Waals surface area (Å²) < 4.78 is 0. The van der Waals surface area contributed by atoms with Crippen molar-refractivity contribution in [2.24, 2.45) is 11.7 Å². The third-order valence-corrected chi connectivity index (χ3v) is 3.18. The molecule has 3 nitrogen and oxygen atoms in total. The standard InChI is InChI=1S/C12H19N3/c1-9-7-11(5-6-14-9)15-8-10-3-2-4-12(10)13/h5-7,10,12H,2-4,8,13H2,1H3,(H,14,15). The average molecular weight is 205 g/mol. The molecule has 0 radical (unpaired) electrons. The largest absolute Gasteiger partial charge is 0.385 e. The molecule has 15 heavy (non-hydrogen) atoms. The van der Waals surface area contributed by atoms with Gasteiger partial charge < -0.3 is 11.1 Å². The summed E-state index contributed by atoms with van der Waals surface area (Å²) in [6.07, 6.45) is 5.56. The van der Waals surface area contributed by atoms with Crippen LogP contribution in [0.15, 0.2) is 18.3 Å². The van der Waals surface area contributed by atoms with E-state index in [1.165, 1.54) is 19.3 Å². The van der Waals surface area contributed by atoms with Gasteiger partial charge in [0.2, 0.25) is 0 Å². The molecule has 1 aromatic heterocycles. The fourth-order valence-electron chi connectivity index (χ4n) is 2.22. The Hall–Kier alpha value is -1.09. The predicted octanol–water partition coefficient (Wildman–Crippen LogP) is 1.93. The van der Waals surface area contributed by atoms with Crippen LogP contribution < -0.4 is 11.1 Å². The predicted molar refractivity (Wildman–Crippen MR) is 62.8 cm³/mol. The van der Waals surface area contributed by atoms with Crippen LogP contribution in [0.5, 0.6) is 0 Å². The molecule has 0 saturated heterocycles. The Morgan fingerprint density at radius 1 is 1.53 bits per heavy atom. The average Bonchev–Trinajstić information content (AvgIpc) is 2.61. The summed E-state index contributed by atoms with van der Waals surface area (Å²) in [6, 6.07) is 4.47. The molecule has 2 rings (SSSR count). The molecule has 0 aromatic carbocycles. The molecular weight excluding hydrogens is 186 g/mol. The van der Waals surface area contributed by atoms with E-state index < -0.39 is 0 Å². The number of pyridine rings is 1. The molecule has 1 saturated carbocycles. The number of nitrogens with zero attached hydrogens (tertiary/aromatic N) is 1. The van der Waals surface area contributed by atoms with Gasteiger partial charge in [-0.15, -0.1) is 0 Å². The van der Waals surface area contributed by atoms with Gasteiger partial charge in [-0.3, -0.25) is 4.98 Å². The maximum Gasteiger partial charge on any atom is 0.0393 e. The van der Waals surface area contributed by atoms with Crippen LogP contribution >= 0.6 is 0 Å². The van der Waals surface area contributed by atoms with Crippen molar-refractivity contribution in [3.63, 3.8) is 0 Å². The third kappa shape index (κ3) is 2.69. The number of rotatable bonds is 3. The first-order valence-electron chi connectivity index (χ1n) is 5.68. The van der Waals surface area contributed by atoms with Gasteiger partial charge in [-0.2, -0.15) is 0 Å². The highest BCUT2D eigenvalue weighted by atomic mass is 14.9. The molecule has 1 aromatic rings. The molecule has 1 heterocycles. The third-order valence-electron chi connectivity index (χ3n) is 3.18. The summed E-state index contributed by atoms with van der Waals surface area (Å²) in [5.74, 6) is 0.637. The summed E-state index contributed by atoms with van der Waals surface area (Å²) >= 11 is 0. The van der Waals surface area contributed by atoms with E-state index >= 15 is 0 Å². The molecule has 0 aliphatic heterocycles. The normalized spacial score (nSPS) is 25.5. The van der Waals surface area contributed by atoms with Crippen molar-refractivity contribution in [3.8, 4) is 0 Å².